The summed E-state index contributed by atoms with van der Waals surface area (Å²) in [6.45, 7) is 5.99. The molecule has 3 rings (SSSR count). The van der Waals surface area contributed by atoms with E-state index in [4.69, 9.17) is 0 Å². The van der Waals surface area contributed by atoms with Gasteiger partial charge in [0.25, 0.3) is 0 Å². The zero-order valence-corrected chi connectivity index (χ0v) is 17.0. The summed E-state index contributed by atoms with van der Waals surface area (Å²) in [5, 5.41) is 13.4. The van der Waals surface area contributed by atoms with Gasteiger partial charge in [-0.25, -0.2) is 0 Å². The molecule has 0 aliphatic carbocycles. The molecule has 138 valence electrons. The highest BCUT2D eigenvalue weighted by Crippen LogP contribution is 2.33. The highest BCUT2D eigenvalue weighted by atomic mass is 32.2. The summed E-state index contributed by atoms with van der Waals surface area (Å²) in [5.74, 6) is 1.98. The number of carbonyl (C=O) groups is 1. The van der Waals surface area contributed by atoms with Crippen LogP contribution in [0.4, 0.5) is 0 Å². The average molecular weight is 390 g/mol. The molecule has 0 aliphatic rings. The molecule has 0 radical (unpaired) electrons. The summed E-state index contributed by atoms with van der Waals surface area (Å²) in [6.07, 6.45) is 0. The van der Waals surface area contributed by atoms with Crippen LogP contribution < -0.4 is 5.32 Å². The van der Waals surface area contributed by atoms with E-state index in [1.165, 1.54) is 27.7 Å². The Morgan fingerprint density at radius 1 is 1.27 bits per heavy atom. The lowest BCUT2D eigenvalue weighted by atomic mass is 10.2. The fourth-order valence-corrected chi connectivity index (χ4v) is 4.53. The molecule has 2 aromatic heterocycles. The normalized spacial score (nSPS) is 11.4. The van der Waals surface area contributed by atoms with Gasteiger partial charge >= 0.3 is 0 Å². The van der Waals surface area contributed by atoms with Gasteiger partial charge in [0.1, 0.15) is 5.82 Å². The van der Waals surface area contributed by atoms with Crippen LogP contribution in [-0.2, 0) is 17.6 Å². The number of hydrogen-bond acceptors (Lipinski definition) is 5. The van der Waals surface area contributed by atoms with Crippen LogP contribution in [0, 0.1) is 6.92 Å². The minimum atomic E-state index is 0.0124. The maximum Gasteiger partial charge on any atom is 0.230 e. The van der Waals surface area contributed by atoms with Crippen molar-refractivity contribution in [2.45, 2.75) is 42.6 Å². The van der Waals surface area contributed by atoms with Crippen molar-refractivity contribution in [3.63, 3.8) is 0 Å². The van der Waals surface area contributed by atoms with Crippen molar-refractivity contribution in [3.05, 3.63) is 35.8 Å². The molecule has 0 unspecified atom stereocenters. The van der Waals surface area contributed by atoms with Crippen LogP contribution in [0.15, 0.2) is 34.3 Å². The second-order valence-corrected chi connectivity index (χ2v) is 8.31. The molecule has 0 aliphatic heterocycles. The molecule has 1 amide bonds. The fraction of sp³-hybridized carbons (Fsp3) is 0.389. The third-order valence-corrected chi connectivity index (χ3v) is 6.12. The van der Waals surface area contributed by atoms with Crippen molar-refractivity contribution in [2.24, 2.45) is 7.05 Å². The van der Waals surface area contributed by atoms with Crippen LogP contribution in [0.25, 0.3) is 10.9 Å². The molecule has 1 aromatic carbocycles. The van der Waals surface area contributed by atoms with E-state index in [1.807, 2.05) is 31.5 Å². The van der Waals surface area contributed by atoms with Crippen molar-refractivity contribution in [2.75, 3.05) is 5.75 Å². The molecule has 26 heavy (non-hydrogen) atoms. The Balaban J connectivity index is 1.65. The first-order valence-corrected chi connectivity index (χ1v) is 10.4. The van der Waals surface area contributed by atoms with Gasteiger partial charge < -0.3 is 14.9 Å². The Hall–Kier alpha value is -1.93. The fourth-order valence-electron chi connectivity index (χ4n) is 2.66. The molecule has 2 heterocycles. The Labute approximate surface area is 161 Å². The minimum Gasteiger partial charge on any atom is -0.358 e. The highest BCUT2D eigenvalue weighted by Gasteiger charge is 2.14. The monoisotopic (exact) mass is 389 g/mol. The molecule has 0 saturated heterocycles. The lowest BCUT2D eigenvalue weighted by molar-refractivity contribution is -0.119. The Bertz CT molecular complexity index is 916. The largest absolute Gasteiger partial charge is 0.358 e. The first kappa shape index (κ1) is 18.8. The van der Waals surface area contributed by atoms with E-state index in [9.17, 15) is 4.79 Å². The van der Waals surface area contributed by atoms with Crippen molar-refractivity contribution in [1.82, 2.24) is 25.1 Å². The van der Waals surface area contributed by atoms with Crippen LogP contribution in [0.2, 0.25) is 0 Å². The van der Waals surface area contributed by atoms with Crippen molar-refractivity contribution in [3.8, 4) is 0 Å². The highest BCUT2D eigenvalue weighted by molar-refractivity contribution is 7.99. The predicted octanol–water partition coefficient (Wildman–Crippen LogP) is 3.51. The van der Waals surface area contributed by atoms with Gasteiger partial charge in [0.05, 0.1) is 11.5 Å². The molecule has 3 aromatic rings. The van der Waals surface area contributed by atoms with Crippen LogP contribution in [0.5, 0.6) is 0 Å². The van der Waals surface area contributed by atoms with Gasteiger partial charge in [-0.05, 0) is 26.8 Å². The third-order valence-electron chi connectivity index (χ3n) is 3.89. The number of benzene rings is 1. The number of nitrogens with zero attached hydrogens (tertiary/aromatic N) is 3. The van der Waals surface area contributed by atoms with Crippen LogP contribution >= 0.6 is 23.5 Å². The van der Waals surface area contributed by atoms with Crippen molar-refractivity contribution >= 4 is 40.3 Å². The van der Waals surface area contributed by atoms with Crippen molar-refractivity contribution in [1.29, 1.82) is 0 Å². The molecule has 0 saturated carbocycles. The lowest BCUT2D eigenvalue weighted by Crippen LogP contribution is -2.31. The standard InChI is InChI=1S/C18H23N5OS2/c1-11(2)19-16(24)10-26-18-22-21-15(23(18)4)9-25-17-12(3)20-14-8-6-5-7-13(14)17/h5-8,11,20H,9-10H2,1-4H3,(H,19,24). The molecule has 0 fully saturated rings. The third kappa shape index (κ3) is 4.24. The van der Waals surface area contributed by atoms with E-state index in [0.29, 0.717) is 5.75 Å². The topological polar surface area (TPSA) is 75.6 Å². The summed E-state index contributed by atoms with van der Waals surface area (Å²) in [6, 6.07) is 8.46. The number of hydrogen-bond donors (Lipinski definition) is 2. The number of nitrogens with one attached hydrogen (secondary N) is 2. The number of fused-ring (bicyclic) bond motifs is 1. The second kappa shape index (κ2) is 8.18. The number of H-pyrrole nitrogens is 1. The number of thioether (sulfide) groups is 2. The van der Waals surface area contributed by atoms with Crippen LogP contribution in [-0.4, -0.2) is 37.5 Å². The quantitative estimate of drug-likeness (QED) is 0.605. The number of aromatic amines is 1. The molecule has 2 N–H and O–H groups in total. The zero-order chi connectivity index (χ0) is 18.7. The number of carbonyl (C=O) groups excluding carboxylic acids is 1. The van der Waals surface area contributed by atoms with Crippen molar-refractivity contribution < 1.29 is 4.79 Å². The molecular formula is C18H23N5OS2. The molecule has 0 atom stereocenters. The summed E-state index contributed by atoms with van der Waals surface area (Å²) in [5.41, 5.74) is 2.32. The number of aromatic nitrogens is 4. The Morgan fingerprint density at radius 3 is 2.81 bits per heavy atom. The molecular weight excluding hydrogens is 366 g/mol. The average Bonchev–Trinajstić information content (AvgIpc) is 3.10. The summed E-state index contributed by atoms with van der Waals surface area (Å²) in [7, 11) is 1.95. The Morgan fingerprint density at radius 2 is 2.04 bits per heavy atom. The summed E-state index contributed by atoms with van der Waals surface area (Å²) >= 11 is 3.16. The van der Waals surface area contributed by atoms with Gasteiger partial charge in [-0.15, -0.1) is 22.0 Å². The SMILES string of the molecule is Cc1[nH]c2ccccc2c1SCc1nnc(SCC(=O)NC(C)C)n1C. The van der Waals surface area contributed by atoms with E-state index < -0.39 is 0 Å². The van der Waals surface area contributed by atoms with Crippen LogP contribution in [0.1, 0.15) is 25.4 Å². The smallest absolute Gasteiger partial charge is 0.230 e. The number of rotatable bonds is 7. The van der Waals surface area contributed by atoms with Gasteiger partial charge in [0.2, 0.25) is 5.91 Å². The molecule has 0 bridgehead atoms. The van der Waals surface area contributed by atoms with E-state index in [1.54, 1.807) is 11.8 Å². The number of para-hydroxylation sites is 1. The lowest BCUT2D eigenvalue weighted by Gasteiger charge is -2.07. The van der Waals surface area contributed by atoms with Gasteiger partial charge in [0.15, 0.2) is 5.16 Å². The van der Waals surface area contributed by atoms with Gasteiger partial charge in [-0.3, -0.25) is 4.79 Å². The van der Waals surface area contributed by atoms with Crippen LogP contribution in [0.3, 0.4) is 0 Å². The molecule has 8 heteroatoms. The molecule has 6 nitrogen and oxygen atoms in total. The Kier molecular flexibility index (Phi) is 5.93. The van der Waals surface area contributed by atoms with E-state index in [0.717, 1.165) is 22.3 Å². The van der Waals surface area contributed by atoms with E-state index in [-0.39, 0.29) is 11.9 Å². The maximum atomic E-state index is 11.8. The van der Waals surface area contributed by atoms with E-state index in [2.05, 4.69) is 45.6 Å². The minimum absolute atomic E-state index is 0.0124. The first-order valence-electron chi connectivity index (χ1n) is 8.46. The number of aryl methyl sites for hydroxylation is 1. The number of amides is 1. The predicted molar refractivity (Wildman–Crippen MR) is 108 cm³/mol. The zero-order valence-electron chi connectivity index (χ0n) is 15.4. The maximum absolute atomic E-state index is 11.8. The summed E-state index contributed by atoms with van der Waals surface area (Å²) < 4.78 is 1.96. The molecule has 0 spiro atoms. The summed E-state index contributed by atoms with van der Waals surface area (Å²) in [4.78, 5) is 16.5. The second-order valence-electron chi connectivity index (χ2n) is 6.38. The van der Waals surface area contributed by atoms with E-state index >= 15 is 0 Å². The van der Waals surface area contributed by atoms with Gasteiger partial charge in [-0.2, -0.15) is 0 Å². The van der Waals surface area contributed by atoms with Gasteiger partial charge in [-0.1, -0.05) is 30.0 Å². The van der Waals surface area contributed by atoms with Gasteiger partial charge in [0, 0.05) is 34.6 Å². The first-order chi connectivity index (χ1) is 12.5.